The predicted molar refractivity (Wildman–Crippen MR) is 158 cm³/mol. The zero-order valence-electron chi connectivity index (χ0n) is 22.0. The summed E-state index contributed by atoms with van der Waals surface area (Å²) in [5.41, 5.74) is 0. The van der Waals surface area contributed by atoms with Crippen LogP contribution in [0.3, 0.4) is 0 Å². The summed E-state index contributed by atoms with van der Waals surface area (Å²) in [6.45, 7) is 16.5. The highest BCUT2D eigenvalue weighted by molar-refractivity contribution is 7.29. The van der Waals surface area contributed by atoms with E-state index in [1.54, 1.807) is 79.7 Å². The first-order chi connectivity index (χ1) is 14.3. The monoisotopic (exact) mass is 512 g/mol. The van der Waals surface area contributed by atoms with Gasteiger partial charge in [0.15, 0.2) is 0 Å². The van der Waals surface area contributed by atoms with Crippen LogP contribution in [0.2, 0.25) is 56.2 Å². The molecule has 8 unspecified atom stereocenters. The molecule has 0 aromatic rings. The van der Waals surface area contributed by atoms with Crippen molar-refractivity contribution in [1.82, 2.24) is 0 Å². The number of unbranched alkanes of at least 4 members (excludes halogenated alkanes) is 3. The first kappa shape index (κ1) is 25.9. The molecule has 3 aliphatic heterocycles. The van der Waals surface area contributed by atoms with E-state index in [0.29, 0.717) is 0 Å². The topological polar surface area (TPSA) is 0 Å². The molecule has 0 radical (unpaired) electrons. The number of rotatable bonds is 10. The Labute approximate surface area is 201 Å². The molecule has 3 saturated heterocycles. The van der Waals surface area contributed by atoms with Gasteiger partial charge in [-0.3, -0.25) is 0 Å². The molecule has 30 heavy (non-hydrogen) atoms. The summed E-state index contributed by atoms with van der Waals surface area (Å²) in [6.07, 6.45) is 16.1. The molecule has 0 aliphatic carbocycles. The highest BCUT2D eigenvalue weighted by Gasteiger charge is 2.73. The van der Waals surface area contributed by atoms with Crippen LogP contribution in [0.15, 0.2) is 0 Å². The molecule has 0 amide bonds. The average Bonchev–Trinajstić information content (AvgIpc) is 2.75. The molecule has 0 aromatic heterocycles. The third-order valence-electron chi connectivity index (χ3n) is 11.6. The minimum Gasteiger partial charge on any atom is -0.0723 e. The molecule has 3 rings (SSSR count). The Balaban J connectivity index is 2.03. The fourth-order valence-electron chi connectivity index (χ4n) is 10.0. The zero-order chi connectivity index (χ0) is 22.0. The van der Waals surface area contributed by atoms with Crippen LogP contribution in [0.1, 0.15) is 91.9 Å². The van der Waals surface area contributed by atoms with E-state index in [2.05, 4.69) is 40.8 Å². The van der Waals surface area contributed by atoms with E-state index in [0.717, 1.165) is 8.95 Å². The lowest BCUT2D eigenvalue weighted by molar-refractivity contribution is 0.579. The second-order valence-electron chi connectivity index (χ2n) is 12.6. The molecule has 176 valence electrons. The van der Waals surface area contributed by atoms with Crippen molar-refractivity contribution in [3.63, 3.8) is 0 Å². The van der Waals surface area contributed by atoms with Crippen molar-refractivity contribution in [2.75, 3.05) is 0 Å². The summed E-state index contributed by atoms with van der Waals surface area (Å²) >= 11 is 0. The lowest BCUT2D eigenvalue weighted by atomic mass is 10.2. The maximum atomic E-state index is 3.02. The van der Waals surface area contributed by atoms with Gasteiger partial charge in [0.05, 0.1) is 0 Å². The molecule has 0 aromatic carbocycles. The van der Waals surface area contributed by atoms with Gasteiger partial charge in [-0.25, -0.2) is 0 Å². The predicted octanol–water partition coefficient (Wildman–Crippen LogP) is 5.64. The van der Waals surface area contributed by atoms with Gasteiger partial charge < -0.3 is 0 Å². The van der Waals surface area contributed by atoms with Gasteiger partial charge in [0.25, 0.3) is 0 Å². The average molecular weight is 513 g/mol. The summed E-state index contributed by atoms with van der Waals surface area (Å²) in [4.78, 5) is 0. The molecule has 0 bridgehead atoms. The molecule has 3 heterocycles. The molecule has 8 atom stereocenters. The van der Waals surface area contributed by atoms with Crippen LogP contribution in [0.25, 0.3) is 0 Å². The van der Waals surface area contributed by atoms with Crippen LogP contribution in [0.4, 0.5) is 0 Å². The van der Waals surface area contributed by atoms with Gasteiger partial charge in [-0.2, -0.15) is 0 Å². The molecule has 0 N–H and O–H groups in total. The summed E-state index contributed by atoms with van der Waals surface area (Å²) in [5.74, 6) is 0. The standard InChI is InChI=1S/C24H56Si6/c1-7-10-13-20-29(22(4)16-12-14-19-28(22)9-3)24-26(5)18-15-21-30(24)23(25,27(24)6)17-11-8-2/h26-30H,7-21H2,1-6,25H3. The maximum Gasteiger partial charge on any atom is 0.0395 e. The minimum absolute atomic E-state index is 0.502. The van der Waals surface area contributed by atoms with Crippen molar-refractivity contribution < 1.29 is 0 Å². The van der Waals surface area contributed by atoms with Gasteiger partial charge in [0, 0.05) is 54.2 Å². The Bertz CT molecular complexity index is 558. The molecular weight excluding hydrogens is 457 g/mol. The number of hydrogen-bond acceptors (Lipinski definition) is 0. The summed E-state index contributed by atoms with van der Waals surface area (Å²) < 4.78 is 3.36. The summed E-state index contributed by atoms with van der Waals surface area (Å²) in [7, 11) is -1.16. The highest BCUT2D eigenvalue weighted by atomic mass is 28.5. The van der Waals surface area contributed by atoms with Crippen molar-refractivity contribution in [3.05, 3.63) is 0 Å². The molecular formula is C24H56Si6. The fraction of sp³-hybridized carbons (Fsp3) is 1.00. The Morgan fingerprint density at radius 3 is 2.30 bits per heavy atom. The van der Waals surface area contributed by atoms with Crippen molar-refractivity contribution in [3.8, 4) is 0 Å². The first-order valence-corrected chi connectivity index (χ1v) is 26.3. The normalized spacial score (nSPS) is 45.0. The Kier molecular flexibility index (Phi) is 9.25. The van der Waals surface area contributed by atoms with Crippen LogP contribution < -0.4 is 0 Å². The maximum absolute atomic E-state index is 3.02. The van der Waals surface area contributed by atoms with E-state index in [9.17, 15) is 0 Å². The van der Waals surface area contributed by atoms with Gasteiger partial charge >= 0.3 is 0 Å². The minimum atomic E-state index is -0.667. The van der Waals surface area contributed by atoms with Crippen LogP contribution in [0.5, 0.6) is 0 Å². The Morgan fingerprint density at radius 1 is 0.900 bits per heavy atom. The third-order valence-corrected chi connectivity index (χ3v) is 58.2. The van der Waals surface area contributed by atoms with Gasteiger partial charge in [0.2, 0.25) is 0 Å². The van der Waals surface area contributed by atoms with Gasteiger partial charge in [-0.15, -0.1) is 0 Å². The highest BCUT2D eigenvalue weighted by Crippen LogP contribution is 2.72. The van der Waals surface area contributed by atoms with E-state index >= 15 is 0 Å². The first-order valence-electron chi connectivity index (χ1n) is 14.3. The molecule has 3 aliphatic rings. The fourth-order valence-corrected chi connectivity index (χ4v) is 76.9. The lowest BCUT2D eigenvalue weighted by Crippen LogP contribution is -2.81. The van der Waals surface area contributed by atoms with Crippen LogP contribution in [0, 0.1) is 0 Å². The van der Waals surface area contributed by atoms with Crippen LogP contribution in [-0.4, -0.2) is 54.2 Å². The number of hydrogen-bond donors (Lipinski definition) is 0. The largest absolute Gasteiger partial charge is 0.0723 e. The summed E-state index contributed by atoms with van der Waals surface area (Å²) in [6, 6.07) is 8.80. The Hall–Kier alpha value is 1.30. The van der Waals surface area contributed by atoms with Gasteiger partial charge in [-0.05, 0) is 4.66 Å². The van der Waals surface area contributed by atoms with Crippen LogP contribution >= 0.6 is 0 Å². The van der Waals surface area contributed by atoms with E-state index in [1.165, 1.54) is 16.7 Å². The van der Waals surface area contributed by atoms with E-state index in [4.69, 9.17) is 0 Å². The van der Waals surface area contributed by atoms with E-state index in [1.807, 2.05) is 12.1 Å². The number of fused-ring (bicyclic) bond motifs is 1. The van der Waals surface area contributed by atoms with Crippen molar-refractivity contribution in [2.24, 2.45) is 0 Å². The van der Waals surface area contributed by atoms with Crippen molar-refractivity contribution in [1.29, 1.82) is 0 Å². The van der Waals surface area contributed by atoms with Gasteiger partial charge in [-0.1, -0.05) is 143 Å². The smallest absolute Gasteiger partial charge is 0.0395 e. The van der Waals surface area contributed by atoms with E-state index < -0.39 is 44.0 Å². The molecule has 0 saturated carbocycles. The Morgan fingerprint density at radius 2 is 1.63 bits per heavy atom. The SMILES string of the molecule is CCCCC[SiH](C1(C)CCCC[SiH]1CC)C12[SiH](C)CCC[SiH]1C([SiH3])(CCCC)[SiH]2C. The second-order valence-corrected chi connectivity index (χ2v) is 41.4. The van der Waals surface area contributed by atoms with Crippen molar-refractivity contribution >= 4 is 54.2 Å². The van der Waals surface area contributed by atoms with Crippen LogP contribution in [-0.2, 0) is 0 Å². The third kappa shape index (κ3) is 4.14. The molecule has 3 fully saturated rings. The zero-order valence-corrected chi connectivity index (χ0v) is 29.8. The lowest BCUT2D eigenvalue weighted by Gasteiger charge is -2.75. The quantitative estimate of drug-likeness (QED) is 0.262. The van der Waals surface area contributed by atoms with E-state index in [-0.39, 0.29) is 0 Å². The molecule has 0 spiro atoms. The molecule has 0 nitrogen and oxygen atoms in total. The van der Waals surface area contributed by atoms with Gasteiger partial charge in [0.1, 0.15) is 0 Å². The summed E-state index contributed by atoms with van der Waals surface area (Å²) in [5, 5.41) is 0. The van der Waals surface area contributed by atoms with Crippen molar-refractivity contribution in [2.45, 2.75) is 148 Å². The molecule has 6 heteroatoms. The second kappa shape index (κ2) is 10.7.